The van der Waals surface area contributed by atoms with Crippen molar-refractivity contribution in [2.45, 2.75) is 12.7 Å². The minimum absolute atomic E-state index is 0.0318. The molecule has 0 radical (unpaired) electrons. The molecule has 0 aliphatic carbocycles. The third kappa shape index (κ3) is 3.57. The molecule has 0 saturated heterocycles. The van der Waals surface area contributed by atoms with Crippen LogP contribution in [0.3, 0.4) is 0 Å². The molecule has 8 heteroatoms. The van der Waals surface area contributed by atoms with Crippen LogP contribution in [-0.2, 0) is 12.7 Å². The average Bonchev–Trinajstić information content (AvgIpc) is 2.85. The molecule has 0 unspecified atom stereocenters. The number of carboxylic acids is 1. The Kier molecular flexibility index (Phi) is 4.26. The van der Waals surface area contributed by atoms with Gasteiger partial charge in [-0.25, -0.2) is 4.79 Å². The maximum Gasteiger partial charge on any atom is 0.417 e. The van der Waals surface area contributed by atoms with E-state index in [1.807, 2.05) is 0 Å². The van der Waals surface area contributed by atoms with E-state index in [1.54, 1.807) is 0 Å². The third-order valence-electron chi connectivity index (χ3n) is 2.70. The van der Waals surface area contributed by atoms with Crippen LogP contribution in [0.2, 0.25) is 0 Å². The van der Waals surface area contributed by atoms with E-state index in [9.17, 15) is 18.0 Å². The molecular formula is C13H9BrF3NO3. The number of nitrogens with one attached hydrogen (secondary N) is 1. The Morgan fingerprint density at radius 3 is 2.67 bits per heavy atom. The van der Waals surface area contributed by atoms with E-state index < -0.39 is 17.7 Å². The number of hydrogen-bond donors (Lipinski definition) is 2. The maximum absolute atomic E-state index is 12.8. The second-order valence-electron chi connectivity index (χ2n) is 4.11. The number of hydrogen-bond acceptors (Lipinski definition) is 3. The first-order chi connectivity index (χ1) is 9.79. The highest BCUT2D eigenvalue weighted by Crippen LogP contribution is 2.36. The quantitative estimate of drug-likeness (QED) is 0.846. The molecule has 112 valence electrons. The molecule has 1 aromatic carbocycles. The van der Waals surface area contributed by atoms with E-state index in [-0.39, 0.29) is 28.0 Å². The van der Waals surface area contributed by atoms with Gasteiger partial charge in [-0.1, -0.05) is 15.9 Å². The van der Waals surface area contributed by atoms with Gasteiger partial charge in [-0.3, -0.25) is 0 Å². The summed E-state index contributed by atoms with van der Waals surface area (Å²) in [5.41, 5.74) is -0.640. The summed E-state index contributed by atoms with van der Waals surface area (Å²) < 4.78 is 43.2. The van der Waals surface area contributed by atoms with Gasteiger partial charge in [0.15, 0.2) is 0 Å². The smallest absolute Gasteiger partial charge is 0.417 e. The summed E-state index contributed by atoms with van der Waals surface area (Å²) in [7, 11) is 0. The van der Waals surface area contributed by atoms with E-state index in [1.165, 1.54) is 24.5 Å². The average molecular weight is 364 g/mol. The normalized spacial score (nSPS) is 11.4. The van der Waals surface area contributed by atoms with Crippen molar-refractivity contribution in [1.29, 1.82) is 0 Å². The van der Waals surface area contributed by atoms with E-state index in [0.29, 0.717) is 0 Å². The van der Waals surface area contributed by atoms with E-state index in [4.69, 9.17) is 9.52 Å². The van der Waals surface area contributed by atoms with Crippen molar-refractivity contribution >= 4 is 27.6 Å². The van der Waals surface area contributed by atoms with Crippen molar-refractivity contribution in [1.82, 2.24) is 0 Å². The van der Waals surface area contributed by atoms with Crippen LogP contribution < -0.4 is 5.32 Å². The SMILES string of the molecule is O=C(O)c1ccoc1CNc1ccc(Br)c(C(F)(F)F)c1. The minimum atomic E-state index is -4.48. The first-order valence-corrected chi connectivity index (χ1v) is 6.48. The first-order valence-electron chi connectivity index (χ1n) is 5.69. The van der Waals surface area contributed by atoms with Crippen LogP contribution >= 0.6 is 15.9 Å². The van der Waals surface area contributed by atoms with Gasteiger partial charge in [0.1, 0.15) is 11.3 Å². The zero-order chi connectivity index (χ0) is 15.6. The predicted molar refractivity (Wildman–Crippen MR) is 72.1 cm³/mol. The summed E-state index contributed by atoms with van der Waals surface area (Å²) in [6.45, 7) is -0.0342. The van der Waals surface area contributed by atoms with E-state index in [2.05, 4.69) is 21.2 Å². The van der Waals surface area contributed by atoms with Gasteiger partial charge in [-0.15, -0.1) is 0 Å². The van der Waals surface area contributed by atoms with Gasteiger partial charge >= 0.3 is 12.1 Å². The molecule has 0 saturated carbocycles. The highest BCUT2D eigenvalue weighted by molar-refractivity contribution is 9.10. The zero-order valence-corrected chi connectivity index (χ0v) is 12.0. The summed E-state index contributed by atoms with van der Waals surface area (Å²) >= 11 is 2.84. The minimum Gasteiger partial charge on any atom is -0.478 e. The lowest BCUT2D eigenvalue weighted by Crippen LogP contribution is -2.08. The summed E-state index contributed by atoms with van der Waals surface area (Å²) in [4.78, 5) is 10.9. The van der Waals surface area contributed by atoms with E-state index >= 15 is 0 Å². The Bertz CT molecular complexity index is 667. The van der Waals surface area contributed by atoms with Crippen molar-refractivity contribution in [2.75, 3.05) is 5.32 Å². The predicted octanol–water partition coefficient (Wildman–Crippen LogP) is 4.37. The fourth-order valence-electron chi connectivity index (χ4n) is 1.70. The molecule has 2 rings (SSSR count). The lowest BCUT2D eigenvalue weighted by molar-refractivity contribution is -0.138. The van der Waals surface area contributed by atoms with Crippen LogP contribution in [0.5, 0.6) is 0 Å². The molecule has 1 aromatic heterocycles. The molecule has 0 aliphatic rings. The van der Waals surface area contributed by atoms with Crippen molar-refractivity contribution < 1.29 is 27.5 Å². The Morgan fingerprint density at radius 1 is 1.33 bits per heavy atom. The van der Waals surface area contributed by atoms with E-state index in [0.717, 1.165) is 6.07 Å². The van der Waals surface area contributed by atoms with Gasteiger partial charge in [-0.05, 0) is 24.3 Å². The Balaban J connectivity index is 2.17. The molecule has 0 aliphatic heterocycles. The summed E-state index contributed by atoms with van der Waals surface area (Å²) in [6.07, 6.45) is -3.27. The van der Waals surface area contributed by atoms with Crippen LogP contribution in [0.15, 0.2) is 39.4 Å². The van der Waals surface area contributed by atoms with Gasteiger partial charge in [0.05, 0.1) is 18.4 Å². The molecule has 4 nitrogen and oxygen atoms in total. The van der Waals surface area contributed by atoms with Gasteiger partial charge in [0.25, 0.3) is 0 Å². The van der Waals surface area contributed by atoms with Gasteiger partial charge in [0.2, 0.25) is 0 Å². The third-order valence-corrected chi connectivity index (χ3v) is 3.39. The zero-order valence-electron chi connectivity index (χ0n) is 10.4. The maximum atomic E-state index is 12.8. The molecule has 2 aromatic rings. The number of furan rings is 1. The largest absolute Gasteiger partial charge is 0.478 e. The fourth-order valence-corrected chi connectivity index (χ4v) is 2.17. The van der Waals surface area contributed by atoms with Crippen molar-refractivity contribution in [2.24, 2.45) is 0 Å². The molecule has 1 heterocycles. The lowest BCUT2D eigenvalue weighted by atomic mass is 10.2. The molecule has 0 amide bonds. The summed E-state index contributed by atoms with van der Waals surface area (Å²) in [6, 6.07) is 4.93. The number of halogens is 4. The second kappa shape index (κ2) is 5.80. The van der Waals surface area contributed by atoms with Crippen molar-refractivity contribution in [3.63, 3.8) is 0 Å². The van der Waals surface area contributed by atoms with Crippen LogP contribution in [0.25, 0.3) is 0 Å². The molecule has 0 bridgehead atoms. The second-order valence-corrected chi connectivity index (χ2v) is 4.96. The van der Waals surface area contributed by atoms with Crippen LogP contribution in [0, 0.1) is 0 Å². The van der Waals surface area contributed by atoms with Gasteiger partial charge in [-0.2, -0.15) is 13.2 Å². The Hall–Kier alpha value is -1.96. The number of carboxylic acid groups (broad SMARTS) is 1. The number of rotatable bonds is 4. The van der Waals surface area contributed by atoms with Crippen LogP contribution in [0.1, 0.15) is 21.7 Å². The highest BCUT2D eigenvalue weighted by Gasteiger charge is 2.33. The number of anilines is 1. The highest BCUT2D eigenvalue weighted by atomic mass is 79.9. The number of benzene rings is 1. The van der Waals surface area contributed by atoms with Crippen molar-refractivity contribution in [3.05, 3.63) is 51.9 Å². The van der Waals surface area contributed by atoms with Crippen LogP contribution in [-0.4, -0.2) is 11.1 Å². The summed E-state index contributed by atoms with van der Waals surface area (Å²) in [5.74, 6) is -1.02. The number of alkyl halides is 3. The van der Waals surface area contributed by atoms with Crippen molar-refractivity contribution in [3.8, 4) is 0 Å². The number of aromatic carboxylic acids is 1. The Morgan fingerprint density at radius 2 is 2.05 bits per heavy atom. The molecular weight excluding hydrogens is 355 g/mol. The Labute approximate surface area is 125 Å². The van der Waals surface area contributed by atoms with Gasteiger partial charge < -0.3 is 14.8 Å². The molecule has 0 spiro atoms. The first kappa shape index (κ1) is 15.4. The molecule has 0 atom stereocenters. The topological polar surface area (TPSA) is 62.5 Å². The monoisotopic (exact) mass is 363 g/mol. The molecule has 21 heavy (non-hydrogen) atoms. The van der Waals surface area contributed by atoms with Crippen LogP contribution in [0.4, 0.5) is 18.9 Å². The molecule has 2 N–H and O–H groups in total. The standard InChI is InChI=1S/C13H9BrF3NO3/c14-10-2-1-7(5-9(10)13(15,16)17)18-6-11-8(12(19)20)3-4-21-11/h1-5,18H,6H2,(H,19,20). The molecule has 0 fully saturated rings. The number of carbonyl (C=O) groups is 1. The fraction of sp³-hybridized carbons (Fsp3) is 0.154. The lowest BCUT2D eigenvalue weighted by Gasteiger charge is -2.12. The van der Waals surface area contributed by atoms with Gasteiger partial charge in [0, 0.05) is 10.2 Å². The summed E-state index contributed by atoms with van der Waals surface area (Å²) in [5, 5.41) is 11.6.